The molecule has 1 heterocycles. The van der Waals surface area contributed by atoms with Crippen molar-refractivity contribution in [1.29, 1.82) is 0 Å². The lowest BCUT2D eigenvalue weighted by Gasteiger charge is -2.32. The number of morpholine rings is 1. The van der Waals surface area contributed by atoms with E-state index in [4.69, 9.17) is 9.84 Å². The van der Waals surface area contributed by atoms with Gasteiger partial charge in [-0.15, -0.1) is 0 Å². The van der Waals surface area contributed by atoms with Crippen molar-refractivity contribution in [2.45, 2.75) is 24.9 Å². The molecule has 3 atom stereocenters. The van der Waals surface area contributed by atoms with Crippen LogP contribution in [-0.4, -0.2) is 47.7 Å². The maximum atomic E-state index is 13.8. The van der Waals surface area contributed by atoms with E-state index in [-0.39, 0.29) is 42.9 Å². The molecule has 5 nitrogen and oxygen atoms in total. The van der Waals surface area contributed by atoms with Crippen LogP contribution in [0, 0.1) is 17.6 Å². The Labute approximate surface area is 131 Å². The lowest BCUT2D eigenvalue weighted by Crippen LogP contribution is -2.47. The number of carbonyl (C=O) groups is 2. The molecule has 1 aromatic carbocycles. The summed E-state index contributed by atoms with van der Waals surface area (Å²) in [6.07, 6.45) is -0.190. The van der Waals surface area contributed by atoms with E-state index in [0.29, 0.717) is 13.0 Å². The molecular formula is C16H17F2NO4. The molecule has 0 bridgehead atoms. The van der Waals surface area contributed by atoms with Gasteiger partial charge in [-0.05, 0) is 36.1 Å². The molecule has 1 aliphatic heterocycles. The van der Waals surface area contributed by atoms with Crippen molar-refractivity contribution >= 4 is 11.9 Å². The predicted molar refractivity (Wildman–Crippen MR) is 75.8 cm³/mol. The van der Waals surface area contributed by atoms with Gasteiger partial charge in [0.2, 0.25) is 5.91 Å². The first-order chi connectivity index (χ1) is 11.0. The Hall–Kier alpha value is -2.02. The number of ether oxygens (including phenoxy) is 1. The Bertz CT molecular complexity index is 637. The Morgan fingerprint density at radius 1 is 1.35 bits per heavy atom. The number of aliphatic carboxylic acids is 1. The van der Waals surface area contributed by atoms with Crippen molar-refractivity contribution in [3.63, 3.8) is 0 Å². The van der Waals surface area contributed by atoms with Gasteiger partial charge in [-0.3, -0.25) is 9.59 Å². The van der Waals surface area contributed by atoms with Crippen LogP contribution < -0.4 is 0 Å². The molecule has 124 valence electrons. The Morgan fingerprint density at radius 3 is 2.87 bits per heavy atom. The van der Waals surface area contributed by atoms with Crippen LogP contribution in [0.25, 0.3) is 0 Å². The number of benzene rings is 1. The summed E-state index contributed by atoms with van der Waals surface area (Å²) in [7, 11) is 0. The van der Waals surface area contributed by atoms with Crippen molar-refractivity contribution < 1.29 is 28.2 Å². The molecule has 0 spiro atoms. The van der Waals surface area contributed by atoms with Gasteiger partial charge in [-0.25, -0.2) is 8.78 Å². The van der Waals surface area contributed by atoms with Crippen LogP contribution in [0.15, 0.2) is 18.2 Å². The summed E-state index contributed by atoms with van der Waals surface area (Å²) in [4.78, 5) is 24.8. The molecule has 1 N–H and O–H groups in total. The third-order valence-corrected chi connectivity index (χ3v) is 4.32. The van der Waals surface area contributed by atoms with Crippen molar-refractivity contribution in [3.8, 4) is 0 Å². The Kier molecular flexibility index (Phi) is 4.30. The van der Waals surface area contributed by atoms with E-state index in [0.717, 1.165) is 18.2 Å². The SMILES string of the molecule is O=C(O)C[C@@H]1CN(C(=O)[C@H]2C[C@H]2c2cc(F)ccc2F)CCO1. The first-order valence-corrected chi connectivity index (χ1v) is 7.53. The van der Waals surface area contributed by atoms with Crippen LogP contribution in [0.5, 0.6) is 0 Å². The number of carboxylic acids is 1. The smallest absolute Gasteiger partial charge is 0.306 e. The van der Waals surface area contributed by atoms with Crippen LogP contribution in [0.2, 0.25) is 0 Å². The van der Waals surface area contributed by atoms with E-state index >= 15 is 0 Å². The van der Waals surface area contributed by atoms with Crippen LogP contribution in [-0.2, 0) is 14.3 Å². The Balaban J connectivity index is 1.63. The summed E-state index contributed by atoms with van der Waals surface area (Å²) >= 11 is 0. The van der Waals surface area contributed by atoms with E-state index in [1.807, 2.05) is 0 Å². The number of amides is 1. The molecular weight excluding hydrogens is 308 g/mol. The van der Waals surface area contributed by atoms with E-state index in [9.17, 15) is 18.4 Å². The number of rotatable bonds is 4. The molecule has 3 rings (SSSR count). The number of halogens is 2. The van der Waals surface area contributed by atoms with Gasteiger partial charge < -0.3 is 14.7 Å². The fourth-order valence-electron chi connectivity index (χ4n) is 3.08. The fourth-order valence-corrected chi connectivity index (χ4v) is 3.08. The molecule has 1 saturated heterocycles. The average Bonchev–Trinajstić information content (AvgIpc) is 3.29. The standard InChI is InChI=1S/C16H17F2NO4/c17-9-1-2-14(18)12(5-9)11-7-13(11)16(22)19-3-4-23-10(8-19)6-15(20)21/h1-2,5,10-11,13H,3-4,6-8H2,(H,20,21)/t10-,11+,13+/m1/s1. The molecule has 2 aliphatic rings. The summed E-state index contributed by atoms with van der Waals surface area (Å²) < 4.78 is 32.4. The quantitative estimate of drug-likeness (QED) is 0.916. The zero-order valence-electron chi connectivity index (χ0n) is 12.4. The van der Waals surface area contributed by atoms with Gasteiger partial charge >= 0.3 is 5.97 Å². The highest BCUT2D eigenvalue weighted by molar-refractivity contribution is 5.83. The first kappa shape index (κ1) is 15.9. The molecule has 7 heteroatoms. The summed E-state index contributed by atoms with van der Waals surface area (Å²) in [6, 6.07) is 3.26. The minimum Gasteiger partial charge on any atom is -0.481 e. The maximum absolute atomic E-state index is 13.8. The van der Waals surface area contributed by atoms with Crippen molar-refractivity contribution in [1.82, 2.24) is 4.90 Å². The highest BCUT2D eigenvalue weighted by Gasteiger charge is 2.47. The van der Waals surface area contributed by atoms with Gasteiger partial charge in [0, 0.05) is 19.0 Å². The highest BCUT2D eigenvalue weighted by atomic mass is 19.1. The van der Waals surface area contributed by atoms with E-state index in [1.165, 1.54) is 0 Å². The van der Waals surface area contributed by atoms with E-state index in [2.05, 4.69) is 0 Å². The number of carbonyl (C=O) groups excluding carboxylic acids is 1. The molecule has 2 fully saturated rings. The Morgan fingerprint density at radius 2 is 2.13 bits per heavy atom. The molecule has 1 saturated carbocycles. The monoisotopic (exact) mass is 325 g/mol. The summed E-state index contributed by atoms with van der Waals surface area (Å²) in [6.45, 7) is 0.902. The predicted octanol–water partition coefficient (Wildman–Crippen LogP) is 1.77. The average molecular weight is 325 g/mol. The number of nitrogens with zero attached hydrogens (tertiary/aromatic N) is 1. The molecule has 1 aliphatic carbocycles. The molecule has 1 aromatic rings. The second-order valence-corrected chi connectivity index (χ2v) is 5.99. The molecule has 0 aromatic heterocycles. The number of hydrogen-bond acceptors (Lipinski definition) is 3. The van der Waals surface area contributed by atoms with Gasteiger partial charge in [0.1, 0.15) is 11.6 Å². The minimum atomic E-state index is -0.976. The number of hydrogen-bond donors (Lipinski definition) is 1. The van der Waals surface area contributed by atoms with Crippen LogP contribution >= 0.6 is 0 Å². The lowest BCUT2D eigenvalue weighted by molar-refractivity contribution is -0.148. The molecule has 0 unspecified atom stereocenters. The topological polar surface area (TPSA) is 66.8 Å². The van der Waals surface area contributed by atoms with Crippen molar-refractivity contribution in [2.24, 2.45) is 5.92 Å². The lowest BCUT2D eigenvalue weighted by atomic mass is 10.1. The van der Waals surface area contributed by atoms with Gasteiger partial charge in [0.15, 0.2) is 0 Å². The summed E-state index contributed by atoms with van der Waals surface area (Å²) in [5.74, 6) is -2.81. The zero-order valence-corrected chi connectivity index (χ0v) is 12.4. The third-order valence-electron chi connectivity index (χ3n) is 4.32. The van der Waals surface area contributed by atoms with Gasteiger partial charge in [-0.1, -0.05) is 0 Å². The van der Waals surface area contributed by atoms with Crippen LogP contribution in [0.1, 0.15) is 24.3 Å². The third kappa shape index (κ3) is 3.50. The highest BCUT2D eigenvalue weighted by Crippen LogP contribution is 2.49. The molecule has 23 heavy (non-hydrogen) atoms. The van der Waals surface area contributed by atoms with Gasteiger partial charge in [0.05, 0.1) is 19.1 Å². The molecule has 0 radical (unpaired) electrons. The summed E-state index contributed by atoms with van der Waals surface area (Å²) in [5.41, 5.74) is 0.235. The van der Waals surface area contributed by atoms with Crippen LogP contribution in [0.4, 0.5) is 8.78 Å². The first-order valence-electron chi connectivity index (χ1n) is 7.53. The minimum absolute atomic E-state index is 0.141. The largest absolute Gasteiger partial charge is 0.481 e. The number of carboxylic acid groups (broad SMARTS) is 1. The normalized spacial score (nSPS) is 26.9. The van der Waals surface area contributed by atoms with Crippen molar-refractivity contribution in [2.75, 3.05) is 19.7 Å². The zero-order chi connectivity index (χ0) is 16.6. The fraction of sp³-hybridized carbons (Fsp3) is 0.500. The van der Waals surface area contributed by atoms with E-state index < -0.39 is 23.7 Å². The van der Waals surface area contributed by atoms with Crippen molar-refractivity contribution in [3.05, 3.63) is 35.4 Å². The van der Waals surface area contributed by atoms with Gasteiger partial charge in [0.25, 0.3) is 0 Å². The second kappa shape index (κ2) is 6.23. The summed E-state index contributed by atoms with van der Waals surface area (Å²) in [5, 5.41) is 8.80. The van der Waals surface area contributed by atoms with Gasteiger partial charge in [-0.2, -0.15) is 0 Å². The second-order valence-electron chi connectivity index (χ2n) is 5.99. The maximum Gasteiger partial charge on any atom is 0.306 e. The van der Waals surface area contributed by atoms with E-state index in [1.54, 1.807) is 4.90 Å². The molecule has 1 amide bonds. The van der Waals surface area contributed by atoms with Crippen LogP contribution in [0.3, 0.4) is 0 Å².